The summed E-state index contributed by atoms with van der Waals surface area (Å²) < 4.78 is 0. The van der Waals surface area contributed by atoms with E-state index in [-0.39, 0.29) is 5.57 Å². The van der Waals surface area contributed by atoms with Crippen molar-refractivity contribution in [2.24, 2.45) is 0 Å². The van der Waals surface area contributed by atoms with Crippen LogP contribution in [0, 0.1) is 22.7 Å². The van der Waals surface area contributed by atoms with Crippen molar-refractivity contribution in [2.45, 2.75) is 25.7 Å². The van der Waals surface area contributed by atoms with Gasteiger partial charge in [0.1, 0.15) is 17.7 Å². The third kappa shape index (κ3) is 4.08. The molecular formula is C22H21N3. The molecule has 0 radical (unpaired) electrons. The number of nitrogens with zero attached hydrogens (tertiary/aromatic N) is 3. The zero-order valence-electron chi connectivity index (χ0n) is 14.3. The van der Waals surface area contributed by atoms with E-state index >= 15 is 0 Å². The van der Waals surface area contributed by atoms with Crippen LogP contribution in [0.2, 0.25) is 0 Å². The van der Waals surface area contributed by atoms with Crippen LogP contribution in [0.25, 0.3) is 6.08 Å². The van der Waals surface area contributed by atoms with Gasteiger partial charge in [-0.2, -0.15) is 10.5 Å². The van der Waals surface area contributed by atoms with E-state index in [4.69, 9.17) is 10.5 Å². The Hall–Kier alpha value is -3.04. The van der Waals surface area contributed by atoms with Crippen LogP contribution < -0.4 is 4.90 Å². The molecule has 0 spiro atoms. The van der Waals surface area contributed by atoms with Crippen molar-refractivity contribution in [1.82, 2.24) is 0 Å². The maximum atomic E-state index is 8.63. The van der Waals surface area contributed by atoms with Gasteiger partial charge in [-0.15, -0.1) is 0 Å². The Bertz CT molecular complexity index is 794. The lowest BCUT2D eigenvalue weighted by molar-refractivity contribution is 0.634. The molecule has 3 nitrogen and oxygen atoms in total. The van der Waals surface area contributed by atoms with Crippen LogP contribution >= 0.6 is 0 Å². The molecule has 25 heavy (non-hydrogen) atoms. The largest absolute Gasteiger partial charge is 0.371 e. The van der Waals surface area contributed by atoms with Crippen molar-refractivity contribution in [1.29, 1.82) is 10.5 Å². The number of aryl methyl sites for hydroxylation is 2. The number of nitriles is 2. The molecule has 0 bridgehead atoms. The molecule has 2 heterocycles. The lowest BCUT2D eigenvalue weighted by Gasteiger charge is -2.37. The van der Waals surface area contributed by atoms with Crippen molar-refractivity contribution in [2.75, 3.05) is 18.0 Å². The predicted octanol–water partition coefficient (Wildman–Crippen LogP) is 4.48. The molecule has 0 N–H and O–H groups in total. The topological polar surface area (TPSA) is 50.8 Å². The fourth-order valence-electron chi connectivity index (χ4n) is 3.54. The van der Waals surface area contributed by atoms with Crippen LogP contribution in [-0.4, -0.2) is 13.1 Å². The highest BCUT2D eigenvalue weighted by atomic mass is 15.1. The number of anilines is 1. The highest BCUT2D eigenvalue weighted by molar-refractivity contribution is 5.68. The second kappa shape index (κ2) is 8.18. The Morgan fingerprint density at radius 2 is 1.48 bits per heavy atom. The van der Waals surface area contributed by atoms with Gasteiger partial charge in [-0.25, -0.2) is 0 Å². The first kappa shape index (κ1) is 16.8. The van der Waals surface area contributed by atoms with Crippen molar-refractivity contribution < 1.29 is 0 Å². The quantitative estimate of drug-likeness (QED) is 0.605. The Kier molecular flexibility index (Phi) is 5.50. The monoisotopic (exact) mass is 327 g/mol. The van der Waals surface area contributed by atoms with Gasteiger partial charge >= 0.3 is 0 Å². The minimum atomic E-state index is 0.109. The van der Waals surface area contributed by atoms with Gasteiger partial charge in [0.25, 0.3) is 0 Å². The molecule has 2 aliphatic rings. The molecule has 0 saturated carbocycles. The molecule has 1 aromatic carbocycles. The summed E-state index contributed by atoms with van der Waals surface area (Å²) in [5.41, 5.74) is 5.88. The highest BCUT2D eigenvalue weighted by Gasteiger charge is 2.23. The number of rotatable bonds is 4. The van der Waals surface area contributed by atoms with E-state index in [0.29, 0.717) is 0 Å². The van der Waals surface area contributed by atoms with Crippen molar-refractivity contribution in [3.8, 4) is 12.1 Å². The zero-order chi connectivity index (χ0) is 17.5. The summed E-state index contributed by atoms with van der Waals surface area (Å²) in [4.78, 5) is 2.56. The molecule has 2 aliphatic heterocycles. The Balaban J connectivity index is 1.68. The Morgan fingerprint density at radius 3 is 2.12 bits per heavy atom. The average molecular weight is 327 g/mol. The fraction of sp³-hybridized carbons (Fsp3) is 0.273. The lowest BCUT2D eigenvalue weighted by Crippen LogP contribution is -2.34. The van der Waals surface area contributed by atoms with Crippen molar-refractivity contribution >= 4 is 11.8 Å². The summed E-state index contributed by atoms with van der Waals surface area (Å²) in [5.74, 6) is 0. The molecule has 0 atom stereocenters. The maximum Gasteiger partial charge on any atom is 0.129 e. The van der Waals surface area contributed by atoms with Gasteiger partial charge in [0.2, 0.25) is 0 Å². The molecule has 124 valence electrons. The van der Waals surface area contributed by atoms with Gasteiger partial charge in [-0.3, -0.25) is 0 Å². The predicted molar refractivity (Wildman–Crippen MR) is 102 cm³/mol. The van der Waals surface area contributed by atoms with Crippen LogP contribution in [0.1, 0.15) is 29.5 Å². The summed E-state index contributed by atoms with van der Waals surface area (Å²) in [7, 11) is 0. The normalized spacial score (nSPS) is 16.0. The number of benzene rings is 1. The number of hydrogen-bond acceptors (Lipinski definition) is 3. The van der Waals surface area contributed by atoms with Crippen LogP contribution in [0.15, 0.2) is 54.2 Å². The molecule has 3 rings (SSSR count). The number of hydrogen-bond donors (Lipinski definition) is 0. The summed E-state index contributed by atoms with van der Waals surface area (Å²) in [6, 6.07) is 8.30. The summed E-state index contributed by atoms with van der Waals surface area (Å²) in [5, 5.41) is 17.3. The van der Waals surface area contributed by atoms with Crippen LogP contribution in [-0.2, 0) is 12.8 Å². The molecule has 0 unspecified atom stereocenters. The summed E-state index contributed by atoms with van der Waals surface area (Å²) in [6.07, 6.45) is 17.9. The van der Waals surface area contributed by atoms with Gasteiger partial charge in [0.05, 0.1) is 0 Å². The second-order valence-corrected chi connectivity index (χ2v) is 6.31. The van der Waals surface area contributed by atoms with Crippen LogP contribution in [0.3, 0.4) is 0 Å². The van der Waals surface area contributed by atoms with E-state index in [1.54, 1.807) is 6.08 Å². The van der Waals surface area contributed by atoms with E-state index in [9.17, 15) is 0 Å². The van der Waals surface area contributed by atoms with Gasteiger partial charge in [-0.05, 0) is 60.6 Å². The summed E-state index contributed by atoms with van der Waals surface area (Å²) >= 11 is 0. The molecule has 0 aromatic heterocycles. The lowest BCUT2D eigenvalue weighted by atomic mass is 9.90. The third-order valence-corrected chi connectivity index (χ3v) is 4.59. The Labute approximate surface area is 149 Å². The maximum absolute atomic E-state index is 8.63. The van der Waals surface area contributed by atoms with Gasteiger partial charge in [-0.1, -0.05) is 36.5 Å². The standard InChI is InChI=1S/C22H21N3/c23-16-19(17-24)9-5-3-1-2-4-8-18-14-20-10-6-12-25-13-7-11-21(15-18)22(20)25/h1-5,8-9,14-15H,6-7,10-13H2/b2-1+,5-3+,8-4+. The SMILES string of the molecule is N#CC(C#N)=C/C=C/C=C/C=C/c1cc2c3c(c1)CCCN3CCC2. The van der Waals surface area contributed by atoms with E-state index in [1.807, 2.05) is 36.4 Å². The van der Waals surface area contributed by atoms with E-state index in [2.05, 4.69) is 23.1 Å². The van der Waals surface area contributed by atoms with Crippen molar-refractivity contribution in [3.05, 3.63) is 70.9 Å². The molecule has 1 aromatic rings. The first-order chi connectivity index (χ1) is 12.3. The van der Waals surface area contributed by atoms with Gasteiger partial charge in [0, 0.05) is 18.8 Å². The minimum Gasteiger partial charge on any atom is -0.371 e. The highest BCUT2D eigenvalue weighted by Crippen LogP contribution is 2.36. The first-order valence-electron chi connectivity index (χ1n) is 8.74. The summed E-state index contributed by atoms with van der Waals surface area (Å²) in [6.45, 7) is 2.41. The van der Waals surface area contributed by atoms with E-state index in [0.717, 1.165) is 0 Å². The van der Waals surface area contributed by atoms with E-state index < -0.39 is 0 Å². The molecule has 0 fully saturated rings. The first-order valence-corrected chi connectivity index (χ1v) is 8.74. The number of allylic oxidation sites excluding steroid dienone is 7. The second-order valence-electron chi connectivity index (χ2n) is 6.31. The van der Waals surface area contributed by atoms with Gasteiger partial charge < -0.3 is 4.90 Å². The average Bonchev–Trinajstić information content (AvgIpc) is 2.64. The smallest absolute Gasteiger partial charge is 0.129 e. The zero-order valence-corrected chi connectivity index (χ0v) is 14.3. The Morgan fingerprint density at radius 1 is 0.880 bits per heavy atom. The van der Waals surface area contributed by atoms with E-state index in [1.165, 1.54) is 67.2 Å². The fourth-order valence-corrected chi connectivity index (χ4v) is 3.54. The molecule has 0 aliphatic carbocycles. The molecular weight excluding hydrogens is 306 g/mol. The van der Waals surface area contributed by atoms with Crippen molar-refractivity contribution in [3.63, 3.8) is 0 Å². The molecule has 0 saturated heterocycles. The third-order valence-electron chi connectivity index (χ3n) is 4.59. The van der Waals surface area contributed by atoms with Gasteiger partial charge in [0.15, 0.2) is 0 Å². The minimum absolute atomic E-state index is 0.109. The molecule has 0 amide bonds. The molecule has 3 heteroatoms. The van der Waals surface area contributed by atoms with Crippen LogP contribution in [0.5, 0.6) is 0 Å². The van der Waals surface area contributed by atoms with Crippen LogP contribution in [0.4, 0.5) is 5.69 Å².